The third kappa shape index (κ3) is 4.04. The van der Waals surface area contributed by atoms with Gasteiger partial charge in [-0.05, 0) is 52.5 Å². The quantitative estimate of drug-likeness (QED) is 0.427. The Hall–Kier alpha value is -2.69. The predicted octanol–water partition coefficient (Wildman–Crippen LogP) is 4.92. The Morgan fingerprint density at radius 1 is 1.00 bits per heavy atom. The number of methoxy groups -OCH3 is 2. The third-order valence-electron chi connectivity index (χ3n) is 6.01. The molecule has 0 saturated heterocycles. The summed E-state index contributed by atoms with van der Waals surface area (Å²) >= 11 is 0. The van der Waals surface area contributed by atoms with Crippen LogP contribution in [0.2, 0.25) is 0 Å². The van der Waals surface area contributed by atoms with E-state index in [9.17, 15) is 0 Å². The molecule has 2 N–H and O–H groups in total. The van der Waals surface area contributed by atoms with E-state index in [1.54, 1.807) is 20.4 Å². The molecular formula is C24H32N2O3. The van der Waals surface area contributed by atoms with E-state index < -0.39 is 0 Å². The molecular weight excluding hydrogens is 364 g/mol. The van der Waals surface area contributed by atoms with E-state index in [1.807, 2.05) is 12.1 Å². The summed E-state index contributed by atoms with van der Waals surface area (Å²) in [6.45, 7) is 9.75. The molecule has 0 amide bonds. The number of nitrogens with zero attached hydrogens (tertiary/aromatic N) is 1. The zero-order chi connectivity index (χ0) is 21.2. The van der Waals surface area contributed by atoms with E-state index in [-0.39, 0.29) is 10.8 Å². The van der Waals surface area contributed by atoms with Crippen molar-refractivity contribution in [2.24, 2.45) is 10.9 Å². The summed E-state index contributed by atoms with van der Waals surface area (Å²) in [5.41, 5.74) is 5.09. The van der Waals surface area contributed by atoms with Crippen molar-refractivity contribution in [2.75, 3.05) is 14.2 Å². The van der Waals surface area contributed by atoms with Crippen molar-refractivity contribution in [3.05, 3.63) is 52.6 Å². The summed E-state index contributed by atoms with van der Waals surface area (Å²) in [4.78, 5) is 0. The van der Waals surface area contributed by atoms with Gasteiger partial charge in [0.1, 0.15) is 6.61 Å². The zero-order valence-corrected chi connectivity index (χ0v) is 18.3. The van der Waals surface area contributed by atoms with Crippen molar-refractivity contribution in [2.45, 2.75) is 58.0 Å². The van der Waals surface area contributed by atoms with Crippen LogP contribution in [0.15, 0.2) is 35.4 Å². The summed E-state index contributed by atoms with van der Waals surface area (Å²) < 4.78 is 17.4. The lowest BCUT2D eigenvalue weighted by molar-refractivity contribution is 0.259. The molecule has 0 bridgehead atoms. The van der Waals surface area contributed by atoms with Crippen molar-refractivity contribution in [3.8, 4) is 17.2 Å². The van der Waals surface area contributed by atoms with Gasteiger partial charge in [0.2, 0.25) is 5.75 Å². The molecule has 29 heavy (non-hydrogen) atoms. The van der Waals surface area contributed by atoms with Crippen LogP contribution < -0.4 is 20.1 Å². The van der Waals surface area contributed by atoms with Gasteiger partial charge in [-0.2, -0.15) is 5.10 Å². The molecule has 0 aliphatic heterocycles. The van der Waals surface area contributed by atoms with E-state index in [0.717, 1.165) is 12.0 Å². The Kier molecular flexibility index (Phi) is 5.78. The number of ether oxygens (including phenoxy) is 3. The van der Waals surface area contributed by atoms with E-state index in [4.69, 9.17) is 20.1 Å². The highest BCUT2D eigenvalue weighted by Gasteiger charge is 2.38. The van der Waals surface area contributed by atoms with Gasteiger partial charge in [-0.25, -0.2) is 0 Å². The molecule has 0 radical (unpaired) electrons. The zero-order valence-electron chi connectivity index (χ0n) is 18.3. The Balaban J connectivity index is 2.00. The lowest BCUT2D eigenvalue weighted by Crippen LogP contribution is -2.35. The fourth-order valence-electron chi connectivity index (χ4n) is 4.32. The van der Waals surface area contributed by atoms with Crippen molar-refractivity contribution >= 4 is 6.21 Å². The number of hydrogen-bond donors (Lipinski definition) is 1. The second-order valence-corrected chi connectivity index (χ2v) is 8.93. The highest BCUT2D eigenvalue weighted by molar-refractivity contribution is 5.82. The maximum atomic E-state index is 6.27. The molecule has 0 atom stereocenters. The van der Waals surface area contributed by atoms with Gasteiger partial charge in [0, 0.05) is 5.56 Å². The van der Waals surface area contributed by atoms with Crippen molar-refractivity contribution in [1.82, 2.24) is 0 Å². The number of hydrazone groups is 1. The van der Waals surface area contributed by atoms with Crippen LogP contribution in [0.1, 0.15) is 62.8 Å². The Bertz CT molecular complexity index is 891. The van der Waals surface area contributed by atoms with E-state index in [0.29, 0.717) is 23.9 Å². The van der Waals surface area contributed by atoms with Gasteiger partial charge in [0.25, 0.3) is 0 Å². The normalized spacial score (nSPS) is 17.0. The first kappa shape index (κ1) is 21.0. The van der Waals surface area contributed by atoms with Crippen LogP contribution in [0.5, 0.6) is 17.2 Å². The monoisotopic (exact) mass is 396 g/mol. The second kappa shape index (κ2) is 7.97. The number of fused-ring (bicyclic) bond motifs is 1. The largest absolute Gasteiger partial charge is 0.493 e. The minimum atomic E-state index is 0.112. The van der Waals surface area contributed by atoms with Crippen LogP contribution >= 0.6 is 0 Å². The smallest absolute Gasteiger partial charge is 0.203 e. The second-order valence-electron chi connectivity index (χ2n) is 8.93. The summed E-state index contributed by atoms with van der Waals surface area (Å²) in [5.74, 6) is 7.04. The fourth-order valence-corrected chi connectivity index (χ4v) is 4.32. The van der Waals surface area contributed by atoms with Crippen molar-refractivity contribution in [3.63, 3.8) is 0 Å². The number of benzene rings is 2. The Labute approximate surface area is 173 Å². The first-order valence-electron chi connectivity index (χ1n) is 9.98. The summed E-state index contributed by atoms with van der Waals surface area (Å²) in [5, 5.41) is 3.58. The van der Waals surface area contributed by atoms with Gasteiger partial charge in [0.05, 0.1) is 20.4 Å². The van der Waals surface area contributed by atoms with E-state index >= 15 is 0 Å². The highest BCUT2D eigenvalue weighted by atomic mass is 16.5. The maximum Gasteiger partial charge on any atom is 0.203 e. The van der Waals surface area contributed by atoms with Crippen LogP contribution in [-0.2, 0) is 17.4 Å². The average Bonchev–Trinajstić information content (AvgIpc) is 2.69. The standard InChI is InChI=1S/C24H32N2O3/c1-23(2)10-11-24(3,4)21-17(8-7-9-18(21)23)15-29-22-19(27-5)12-16(14-26-25)13-20(22)28-6/h7-9,12-14H,10-11,15,25H2,1-6H3. The molecule has 0 heterocycles. The molecule has 5 nitrogen and oxygen atoms in total. The van der Waals surface area contributed by atoms with Gasteiger partial charge >= 0.3 is 0 Å². The molecule has 0 spiro atoms. The van der Waals surface area contributed by atoms with Gasteiger partial charge in [-0.3, -0.25) is 0 Å². The third-order valence-corrected chi connectivity index (χ3v) is 6.01. The first-order valence-corrected chi connectivity index (χ1v) is 9.98. The first-order chi connectivity index (χ1) is 13.7. The Morgan fingerprint density at radius 3 is 2.21 bits per heavy atom. The molecule has 156 valence electrons. The molecule has 0 fully saturated rings. The minimum Gasteiger partial charge on any atom is -0.493 e. The lowest BCUT2D eigenvalue weighted by atomic mass is 9.62. The van der Waals surface area contributed by atoms with Gasteiger partial charge in [0.15, 0.2) is 11.5 Å². The molecule has 1 aliphatic rings. The average molecular weight is 397 g/mol. The van der Waals surface area contributed by atoms with Crippen LogP contribution in [-0.4, -0.2) is 20.4 Å². The summed E-state index contributed by atoms with van der Waals surface area (Å²) in [6, 6.07) is 10.2. The molecule has 0 unspecified atom stereocenters. The van der Waals surface area contributed by atoms with Gasteiger partial charge < -0.3 is 20.1 Å². The van der Waals surface area contributed by atoms with Crippen LogP contribution in [0.4, 0.5) is 0 Å². The molecule has 1 aliphatic carbocycles. The SMILES string of the molecule is COc1cc(C=NN)cc(OC)c1OCc1cccc2c1C(C)(C)CCC2(C)C. The van der Waals surface area contributed by atoms with Crippen molar-refractivity contribution in [1.29, 1.82) is 0 Å². The van der Waals surface area contributed by atoms with E-state index in [2.05, 4.69) is 51.0 Å². The summed E-state index contributed by atoms with van der Waals surface area (Å²) in [7, 11) is 3.22. The van der Waals surface area contributed by atoms with Gasteiger partial charge in [-0.1, -0.05) is 45.9 Å². The fraction of sp³-hybridized carbons (Fsp3) is 0.458. The van der Waals surface area contributed by atoms with Crippen LogP contribution in [0.3, 0.4) is 0 Å². The summed E-state index contributed by atoms with van der Waals surface area (Å²) in [6.07, 6.45) is 3.89. The molecule has 3 rings (SSSR count). The predicted molar refractivity (Wildman–Crippen MR) is 117 cm³/mol. The molecule has 5 heteroatoms. The molecule has 0 aromatic heterocycles. The van der Waals surface area contributed by atoms with Crippen LogP contribution in [0.25, 0.3) is 0 Å². The molecule has 2 aromatic carbocycles. The number of hydrogen-bond acceptors (Lipinski definition) is 5. The van der Waals surface area contributed by atoms with Gasteiger partial charge in [-0.15, -0.1) is 0 Å². The number of rotatable bonds is 6. The highest BCUT2D eigenvalue weighted by Crippen LogP contribution is 2.47. The maximum absolute atomic E-state index is 6.27. The lowest BCUT2D eigenvalue weighted by Gasteiger charge is -2.43. The molecule has 2 aromatic rings. The van der Waals surface area contributed by atoms with Crippen LogP contribution in [0, 0.1) is 0 Å². The topological polar surface area (TPSA) is 66.1 Å². The molecule has 0 saturated carbocycles. The minimum absolute atomic E-state index is 0.112. The Morgan fingerprint density at radius 2 is 1.62 bits per heavy atom. The van der Waals surface area contributed by atoms with Crippen molar-refractivity contribution < 1.29 is 14.2 Å². The number of nitrogens with two attached hydrogens (primary N) is 1. The van der Waals surface area contributed by atoms with E-state index in [1.165, 1.54) is 23.1 Å².